The molecule has 0 saturated carbocycles. The van der Waals surface area contributed by atoms with E-state index >= 15 is 0 Å². The SMILES string of the molecule is CCCNC(CC(C)COC)C1CCOC1. The largest absolute Gasteiger partial charge is 0.384 e. The number of hydrogen-bond acceptors (Lipinski definition) is 3. The fraction of sp³-hybridized carbons (Fsp3) is 1.00. The Morgan fingerprint density at radius 2 is 2.31 bits per heavy atom. The second kappa shape index (κ2) is 8.04. The van der Waals surface area contributed by atoms with Crippen molar-refractivity contribution in [2.45, 2.75) is 39.2 Å². The summed E-state index contributed by atoms with van der Waals surface area (Å²) in [4.78, 5) is 0. The third kappa shape index (κ3) is 4.81. The number of nitrogens with one attached hydrogen (secondary N) is 1. The van der Waals surface area contributed by atoms with Crippen LogP contribution in [0.3, 0.4) is 0 Å². The van der Waals surface area contributed by atoms with Crippen LogP contribution in [0, 0.1) is 11.8 Å². The molecule has 0 aromatic carbocycles. The van der Waals surface area contributed by atoms with Gasteiger partial charge in [-0.1, -0.05) is 13.8 Å². The van der Waals surface area contributed by atoms with Crippen LogP contribution >= 0.6 is 0 Å². The number of hydrogen-bond donors (Lipinski definition) is 1. The van der Waals surface area contributed by atoms with E-state index in [-0.39, 0.29) is 0 Å². The smallest absolute Gasteiger partial charge is 0.0510 e. The predicted octanol–water partition coefficient (Wildman–Crippen LogP) is 2.06. The van der Waals surface area contributed by atoms with Crippen molar-refractivity contribution in [1.29, 1.82) is 0 Å². The second-order valence-corrected chi connectivity index (χ2v) is 4.98. The van der Waals surface area contributed by atoms with E-state index in [1.165, 1.54) is 19.3 Å². The van der Waals surface area contributed by atoms with Crippen molar-refractivity contribution in [3.8, 4) is 0 Å². The summed E-state index contributed by atoms with van der Waals surface area (Å²) in [6.07, 6.45) is 3.60. The van der Waals surface area contributed by atoms with E-state index < -0.39 is 0 Å². The molecular formula is C13H27NO2. The Morgan fingerprint density at radius 1 is 1.50 bits per heavy atom. The lowest BCUT2D eigenvalue weighted by molar-refractivity contribution is 0.136. The van der Waals surface area contributed by atoms with E-state index in [1.807, 2.05) is 0 Å². The molecule has 16 heavy (non-hydrogen) atoms. The Balaban J connectivity index is 2.35. The highest BCUT2D eigenvalue weighted by atomic mass is 16.5. The van der Waals surface area contributed by atoms with Gasteiger partial charge in [-0.3, -0.25) is 0 Å². The van der Waals surface area contributed by atoms with E-state index in [1.54, 1.807) is 7.11 Å². The zero-order valence-electron chi connectivity index (χ0n) is 11.0. The van der Waals surface area contributed by atoms with Gasteiger partial charge in [-0.15, -0.1) is 0 Å². The molecule has 1 rings (SSSR count). The van der Waals surface area contributed by atoms with Crippen LogP contribution in [-0.4, -0.2) is 39.5 Å². The highest BCUT2D eigenvalue weighted by Gasteiger charge is 2.26. The molecule has 1 aliphatic heterocycles. The summed E-state index contributed by atoms with van der Waals surface area (Å²) in [5.74, 6) is 1.32. The quantitative estimate of drug-likeness (QED) is 0.691. The highest BCUT2D eigenvalue weighted by Crippen LogP contribution is 2.22. The molecule has 1 aliphatic rings. The van der Waals surface area contributed by atoms with E-state index in [2.05, 4.69) is 19.2 Å². The fourth-order valence-electron chi connectivity index (χ4n) is 2.43. The Hall–Kier alpha value is -0.120. The maximum atomic E-state index is 5.49. The first-order valence-electron chi connectivity index (χ1n) is 6.58. The molecule has 3 atom stereocenters. The third-order valence-corrected chi connectivity index (χ3v) is 3.30. The number of rotatable bonds is 8. The predicted molar refractivity (Wildman–Crippen MR) is 66.7 cm³/mol. The van der Waals surface area contributed by atoms with E-state index in [4.69, 9.17) is 9.47 Å². The Labute approximate surface area is 99.9 Å². The minimum absolute atomic E-state index is 0.604. The molecule has 0 radical (unpaired) electrons. The Kier molecular flexibility index (Phi) is 7.01. The average Bonchev–Trinajstić information content (AvgIpc) is 2.77. The molecule has 96 valence electrons. The van der Waals surface area contributed by atoms with Crippen LogP contribution in [0.1, 0.15) is 33.1 Å². The normalized spacial score (nSPS) is 24.6. The minimum Gasteiger partial charge on any atom is -0.384 e. The van der Waals surface area contributed by atoms with E-state index in [9.17, 15) is 0 Å². The van der Waals surface area contributed by atoms with Crippen molar-refractivity contribution in [1.82, 2.24) is 5.32 Å². The molecule has 1 heterocycles. The first kappa shape index (κ1) is 13.9. The van der Waals surface area contributed by atoms with Crippen molar-refractivity contribution < 1.29 is 9.47 Å². The Bertz CT molecular complexity index is 169. The summed E-state index contributed by atoms with van der Waals surface area (Å²) in [6, 6.07) is 0.604. The van der Waals surface area contributed by atoms with Crippen LogP contribution < -0.4 is 5.32 Å². The summed E-state index contributed by atoms with van der Waals surface area (Å²) in [6.45, 7) is 8.32. The van der Waals surface area contributed by atoms with E-state index in [0.29, 0.717) is 17.9 Å². The molecule has 1 fully saturated rings. The van der Waals surface area contributed by atoms with Gasteiger partial charge in [-0.25, -0.2) is 0 Å². The molecule has 0 amide bonds. The number of ether oxygens (including phenoxy) is 2. The molecule has 0 spiro atoms. The van der Waals surface area contributed by atoms with Gasteiger partial charge >= 0.3 is 0 Å². The molecule has 3 nitrogen and oxygen atoms in total. The molecule has 1 saturated heterocycles. The molecule has 0 aliphatic carbocycles. The lowest BCUT2D eigenvalue weighted by Gasteiger charge is -2.26. The molecule has 1 N–H and O–H groups in total. The van der Waals surface area contributed by atoms with Crippen molar-refractivity contribution in [3.05, 3.63) is 0 Å². The summed E-state index contributed by atoms with van der Waals surface area (Å²) >= 11 is 0. The van der Waals surface area contributed by atoms with Gasteiger partial charge < -0.3 is 14.8 Å². The third-order valence-electron chi connectivity index (χ3n) is 3.30. The van der Waals surface area contributed by atoms with Crippen LogP contribution in [0.15, 0.2) is 0 Å². The first-order chi connectivity index (χ1) is 7.77. The molecule has 3 unspecified atom stereocenters. The van der Waals surface area contributed by atoms with Gasteiger partial charge in [0.05, 0.1) is 6.61 Å². The molecule has 0 bridgehead atoms. The van der Waals surface area contributed by atoms with Crippen molar-refractivity contribution in [2.75, 3.05) is 33.5 Å². The topological polar surface area (TPSA) is 30.5 Å². The van der Waals surface area contributed by atoms with Crippen molar-refractivity contribution in [3.63, 3.8) is 0 Å². The van der Waals surface area contributed by atoms with Gasteiger partial charge in [0, 0.05) is 26.4 Å². The van der Waals surface area contributed by atoms with Gasteiger partial charge in [0.15, 0.2) is 0 Å². The maximum absolute atomic E-state index is 5.49. The van der Waals surface area contributed by atoms with Gasteiger partial charge in [0.25, 0.3) is 0 Å². The lowest BCUT2D eigenvalue weighted by Crippen LogP contribution is -2.39. The van der Waals surface area contributed by atoms with Crippen molar-refractivity contribution in [2.24, 2.45) is 11.8 Å². The standard InChI is InChI=1S/C13H27NO2/c1-4-6-14-13(8-11(2)9-15-3)12-5-7-16-10-12/h11-14H,4-10H2,1-3H3. The molecule has 3 heteroatoms. The first-order valence-corrected chi connectivity index (χ1v) is 6.58. The van der Waals surface area contributed by atoms with Gasteiger partial charge in [0.1, 0.15) is 0 Å². The van der Waals surface area contributed by atoms with Crippen LogP contribution in [0.5, 0.6) is 0 Å². The fourth-order valence-corrected chi connectivity index (χ4v) is 2.43. The van der Waals surface area contributed by atoms with Crippen LogP contribution in [0.2, 0.25) is 0 Å². The van der Waals surface area contributed by atoms with E-state index in [0.717, 1.165) is 26.4 Å². The number of methoxy groups -OCH3 is 1. The summed E-state index contributed by atoms with van der Waals surface area (Å²) in [7, 11) is 1.78. The van der Waals surface area contributed by atoms with Crippen LogP contribution in [-0.2, 0) is 9.47 Å². The average molecular weight is 229 g/mol. The summed E-state index contributed by atoms with van der Waals surface area (Å²) in [5.41, 5.74) is 0. The lowest BCUT2D eigenvalue weighted by atomic mass is 9.91. The zero-order chi connectivity index (χ0) is 11.8. The van der Waals surface area contributed by atoms with Gasteiger partial charge in [0.2, 0.25) is 0 Å². The zero-order valence-corrected chi connectivity index (χ0v) is 11.0. The van der Waals surface area contributed by atoms with Crippen LogP contribution in [0.4, 0.5) is 0 Å². The summed E-state index contributed by atoms with van der Waals surface area (Å²) < 4.78 is 10.7. The molecular weight excluding hydrogens is 202 g/mol. The molecule has 0 aromatic rings. The van der Waals surface area contributed by atoms with Gasteiger partial charge in [-0.05, 0) is 37.6 Å². The Morgan fingerprint density at radius 3 is 2.88 bits per heavy atom. The van der Waals surface area contributed by atoms with Crippen LogP contribution in [0.25, 0.3) is 0 Å². The molecule has 0 aromatic heterocycles. The highest BCUT2D eigenvalue weighted by molar-refractivity contribution is 4.80. The minimum atomic E-state index is 0.604. The monoisotopic (exact) mass is 229 g/mol. The van der Waals surface area contributed by atoms with Crippen molar-refractivity contribution >= 4 is 0 Å². The van der Waals surface area contributed by atoms with Gasteiger partial charge in [-0.2, -0.15) is 0 Å². The second-order valence-electron chi connectivity index (χ2n) is 4.98. The maximum Gasteiger partial charge on any atom is 0.0510 e. The summed E-state index contributed by atoms with van der Waals surface area (Å²) in [5, 5.41) is 3.67.